The molecule has 0 spiro atoms. The number of rotatable bonds is 3. The molecule has 0 radical (unpaired) electrons. The van der Waals surface area contributed by atoms with Crippen molar-refractivity contribution in [2.45, 2.75) is 32.2 Å². The predicted molar refractivity (Wildman–Crippen MR) is 60.8 cm³/mol. The summed E-state index contributed by atoms with van der Waals surface area (Å²) in [7, 11) is 0. The molecule has 0 bridgehead atoms. The zero-order chi connectivity index (χ0) is 9.97. The van der Waals surface area contributed by atoms with Crippen molar-refractivity contribution in [3.8, 4) is 0 Å². The molecule has 14 heavy (non-hydrogen) atoms. The number of hydrogen-bond acceptors (Lipinski definition) is 4. The van der Waals surface area contributed by atoms with E-state index in [1.54, 1.807) is 11.3 Å². The Kier molecular flexibility index (Phi) is 3.03. The highest BCUT2D eigenvalue weighted by Gasteiger charge is 2.16. The van der Waals surface area contributed by atoms with Crippen molar-refractivity contribution in [3.63, 3.8) is 0 Å². The monoisotopic (exact) mass is 211 g/mol. The standard InChI is InChI=1S/C10H17N3S/c1-2-8(11)9-7-14-10(12-9)13-5-3-4-6-13/h7-8H,2-6,11H2,1H3. The van der Waals surface area contributed by atoms with Gasteiger partial charge in [0, 0.05) is 24.5 Å². The van der Waals surface area contributed by atoms with Crippen LogP contribution in [0.2, 0.25) is 0 Å². The second-order valence-electron chi connectivity index (χ2n) is 3.76. The minimum atomic E-state index is 0.114. The Morgan fingerprint density at radius 3 is 2.93 bits per heavy atom. The fourth-order valence-electron chi connectivity index (χ4n) is 1.71. The average molecular weight is 211 g/mol. The van der Waals surface area contributed by atoms with Crippen LogP contribution in [-0.4, -0.2) is 18.1 Å². The quantitative estimate of drug-likeness (QED) is 0.833. The lowest BCUT2D eigenvalue weighted by atomic mass is 10.2. The van der Waals surface area contributed by atoms with Crippen LogP contribution in [0.4, 0.5) is 5.13 Å². The fraction of sp³-hybridized carbons (Fsp3) is 0.700. The third-order valence-electron chi connectivity index (χ3n) is 2.71. The van der Waals surface area contributed by atoms with Gasteiger partial charge < -0.3 is 10.6 Å². The van der Waals surface area contributed by atoms with Crippen molar-refractivity contribution in [2.75, 3.05) is 18.0 Å². The van der Waals surface area contributed by atoms with Gasteiger partial charge in [0.1, 0.15) is 0 Å². The van der Waals surface area contributed by atoms with Gasteiger partial charge in [-0.25, -0.2) is 4.98 Å². The van der Waals surface area contributed by atoms with Gasteiger partial charge in [-0.1, -0.05) is 6.92 Å². The van der Waals surface area contributed by atoms with Crippen molar-refractivity contribution in [2.24, 2.45) is 5.73 Å². The molecule has 3 nitrogen and oxygen atoms in total. The van der Waals surface area contributed by atoms with Crippen LogP contribution in [0.25, 0.3) is 0 Å². The van der Waals surface area contributed by atoms with Crippen LogP contribution in [0.5, 0.6) is 0 Å². The van der Waals surface area contributed by atoms with Gasteiger partial charge in [-0.2, -0.15) is 0 Å². The molecule has 78 valence electrons. The molecule has 0 aliphatic carbocycles. The summed E-state index contributed by atoms with van der Waals surface area (Å²) >= 11 is 1.73. The van der Waals surface area contributed by atoms with Gasteiger partial charge in [0.2, 0.25) is 0 Å². The third-order valence-corrected chi connectivity index (χ3v) is 3.63. The highest BCUT2D eigenvalue weighted by atomic mass is 32.1. The fourth-order valence-corrected chi connectivity index (χ4v) is 2.65. The second kappa shape index (κ2) is 4.28. The van der Waals surface area contributed by atoms with E-state index < -0.39 is 0 Å². The minimum absolute atomic E-state index is 0.114. The first-order valence-electron chi connectivity index (χ1n) is 5.27. The van der Waals surface area contributed by atoms with Crippen molar-refractivity contribution in [1.82, 2.24) is 4.98 Å². The van der Waals surface area contributed by atoms with E-state index in [1.165, 1.54) is 12.8 Å². The molecule has 1 atom stereocenters. The van der Waals surface area contributed by atoms with E-state index in [0.29, 0.717) is 0 Å². The van der Waals surface area contributed by atoms with Gasteiger partial charge in [-0.05, 0) is 19.3 Å². The maximum Gasteiger partial charge on any atom is 0.185 e. The van der Waals surface area contributed by atoms with Crippen molar-refractivity contribution in [3.05, 3.63) is 11.1 Å². The summed E-state index contributed by atoms with van der Waals surface area (Å²) in [5.41, 5.74) is 6.99. The van der Waals surface area contributed by atoms with E-state index in [1.807, 2.05) is 0 Å². The Labute approximate surface area is 88.9 Å². The molecule has 2 rings (SSSR count). The van der Waals surface area contributed by atoms with Crippen molar-refractivity contribution < 1.29 is 0 Å². The number of nitrogens with two attached hydrogens (primary N) is 1. The Morgan fingerprint density at radius 2 is 2.29 bits per heavy atom. The van der Waals surface area contributed by atoms with Gasteiger partial charge in [0.05, 0.1) is 5.69 Å². The smallest absolute Gasteiger partial charge is 0.185 e. The largest absolute Gasteiger partial charge is 0.348 e. The number of anilines is 1. The average Bonchev–Trinajstić information content (AvgIpc) is 2.86. The summed E-state index contributed by atoms with van der Waals surface area (Å²) < 4.78 is 0. The van der Waals surface area contributed by atoms with E-state index in [0.717, 1.165) is 30.3 Å². The van der Waals surface area contributed by atoms with Crippen LogP contribution in [0.15, 0.2) is 5.38 Å². The van der Waals surface area contributed by atoms with E-state index >= 15 is 0 Å². The van der Waals surface area contributed by atoms with Crippen LogP contribution < -0.4 is 10.6 Å². The molecule has 0 aromatic carbocycles. The Balaban J connectivity index is 2.08. The molecule has 1 saturated heterocycles. The Morgan fingerprint density at radius 1 is 1.57 bits per heavy atom. The Bertz CT molecular complexity index is 291. The lowest BCUT2D eigenvalue weighted by molar-refractivity contribution is 0.679. The zero-order valence-electron chi connectivity index (χ0n) is 8.57. The molecule has 0 saturated carbocycles. The topological polar surface area (TPSA) is 42.1 Å². The summed E-state index contributed by atoms with van der Waals surface area (Å²) in [6, 6.07) is 0.114. The van der Waals surface area contributed by atoms with Gasteiger partial charge in [0.25, 0.3) is 0 Å². The molecule has 0 amide bonds. The highest BCUT2D eigenvalue weighted by Crippen LogP contribution is 2.26. The molecule has 1 unspecified atom stereocenters. The molecule has 1 aliphatic heterocycles. The van der Waals surface area contributed by atoms with E-state index in [2.05, 4.69) is 22.2 Å². The molecule has 4 heteroatoms. The summed E-state index contributed by atoms with van der Waals surface area (Å²) in [4.78, 5) is 6.94. The minimum Gasteiger partial charge on any atom is -0.348 e. The number of nitrogens with zero attached hydrogens (tertiary/aromatic N) is 2. The number of hydrogen-bond donors (Lipinski definition) is 1. The number of thiazole rings is 1. The zero-order valence-corrected chi connectivity index (χ0v) is 9.39. The predicted octanol–water partition coefficient (Wildman–Crippen LogP) is 2.15. The number of aromatic nitrogens is 1. The van der Waals surface area contributed by atoms with Crippen LogP contribution in [0.3, 0.4) is 0 Å². The summed E-state index contributed by atoms with van der Waals surface area (Å²) in [6.45, 7) is 4.42. The molecule has 1 aromatic heterocycles. The van der Waals surface area contributed by atoms with Crippen molar-refractivity contribution in [1.29, 1.82) is 0 Å². The maximum atomic E-state index is 5.93. The van der Waals surface area contributed by atoms with Crippen molar-refractivity contribution >= 4 is 16.5 Å². The molecule has 1 aliphatic rings. The summed E-state index contributed by atoms with van der Waals surface area (Å²) in [6.07, 6.45) is 3.56. The van der Waals surface area contributed by atoms with Crippen LogP contribution in [0, 0.1) is 0 Å². The van der Waals surface area contributed by atoms with E-state index in [4.69, 9.17) is 5.73 Å². The third kappa shape index (κ3) is 1.91. The van der Waals surface area contributed by atoms with Crippen LogP contribution >= 0.6 is 11.3 Å². The molecule has 1 aromatic rings. The van der Waals surface area contributed by atoms with Crippen LogP contribution in [-0.2, 0) is 0 Å². The molecule has 1 fully saturated rings. The normalized spacial score (nSPS) is 18.9. The SMILES string of the molecule is CCC(N)c1csc(N2CCCC2)n1. The maximum absolute atomic E-state index is 5.93. The van der Waals surface area contributed by atoms with Gasteiger partial charge >= 0.3 is 0 Å². The highest BCUT2D eigenvalue weighted by molar-refractivity contribution is 7.13. The van der Waals surface area contributed by atoms with Crippen LogP contribution in [0.1, 0.15) is 37.9 Å². The van der Waals surface area contributed by atoms with E-state index in [9.17, 15) is 0 Å². The first kappa shape index (κ1) is 9.93. The van der Waals surface area contributed by atoms with Gasteiger partial charge in [-0.15, -0.1) is 11.3 Å². The first-order valence-corrected chi connectivity index (χ1v) is 6.15. The molecular formula is C10H17N3S. The molecule has 2 N–H and O–H groups in total. The van der Waals surface area contributed by atoms with E-state index in [-0.39, 0.29) is 6.04 Å². The summed E-state index contributed by atoms with van der Waals surface area (Å²) in [5.74, 6) is 0. The Hall–Kier alpha value is -0.610. The lowest BCUT2D eigenvalue weighted by Gasteiger charge is -2.12. The summed E-state index contributed by atoms with van der Waals surface area (Å²) in [5, 5.41) is 3.25. The first-order chi connectivity index (χ1) is 6.81. The molecular weight excluding hydrogens is 194 g/mol. The van der Waals surface area contributed by atoms with Gasteiger partial charge in [0.15, 0.2) is 5.13 Å². The second-order valence-corrected chi connectivity index (χ2v) is 4.60. The molecule has 2 heterocycles. The van der Waals surface area contributed by atoms with Gasteiger partial charge in [-0.3, -0.25) is 0 Å². The lowest BCUT2D eigenvalue weighted by Crippen LogP contribution is -2.17.